The smallest absolute Gasteiger partial charge is 0.300 e. The first-order valence-corrected chi connectivity index (χ1v) is 14.7. The van der Waals surface area contributed by atoms with E-state index in [1.165, 1.54) is 24.3 Å². The minimum absolute atomic E-state index is 0.0221. The highest BCUT2D eigenvalue weighted by Gasteiger charge is 2.53. The van der Waals surface area contributed by atoms with Crippen molar-refractivity contribution in [3.63, 3.8) is 0 Å². The standard InChI is InChI=1S/C25H19N3O6S.C5H8O/c1-15-9-11-16(12-10-15)35(33,34)27-25(31)23-17-5-2-3-6-18(17)26-19-7-4-8-20(24(19)23)28(32)21(29)13-14-22(28)30;6-5-3-1-2-4-5/h2-12,32H,13-14H2,1H3;1-4H2/p+1. The van der Waals surface area contributed by atoms with E-state index in [4.69, 9.17) is 0 Å². The van der Waals surface area contributed by atoms with Crippen molar-refractivity contribution in [1.29, 1.82) is 0 Å². The van der Waals surface area contributed by atoms with E-state index >= 15 is 0 Å². The van der Waals surface area contributed by atoms with Crippen molar-refractivity contribution in [1.82, 2.24) is 14.4 Å². The largest absolute Gasteiger partial charge is 0.359 e. The van der Waals surface area contributed by atoms with E-state index in [2.05, 4.69) is 9.71 Å². The minimum Gasteiger partial charge on any atom is -0.300 e. The van der Waals surface area contributed by atoms with E-state index in [1.807, 2.05) is 0 Å². The number of aromatic nitrogens is 1. The Morgan fingerprint density at radius 2 is 1.44 bits per heavy atom. The average molecular weight is 575 g/mol. The fraction of sp³-hybridized carbons (Fsp3) is 0.233. The molecule has 2 fully saturated rings. The van der Waals surface area contributed by atoms with Gasteiger partial charge < -0.3 is 0 Å². The molecule has 0 unspecified atom stereocenters. The van der Waals surface area contributed by atoms with Gasteiger partial charge in [-0.25, -0.2) is 27.7 Å². The van der Waals surface area contributed by atoms with Crippen molar-refractivity contribution >= 4 is 61.0 Å². The van der Waals surface area contributed by atoms with Crippen LogP contribution in [-0.2, 0) is 24.4 Å². The molecule has 3 aromatic carbocycles. The molecule has 1 aromatic heterocycles. The molecule has 0 bridgehead atoms. The Kier molecular flexibility index (Phi) is 7.52. The molecule has 1 saturated carbocycles. The van der Waals surface area contributed by atoms with Gasteiger partial charge in [0.25, 0.3) is 15.9 Å². The second-order valence-corrected chi connectivity index (χ2v) is 11.8. The van der Waals surface area contributed by atoms with Crippen LogP contribution in [0.4, 0.5) is 5.69 Å². The number of carbonyl (C=O) groups excluding carboxylic acids is 4. The number of pyridine rings is 1. The van der Waals surface area contributed by atoms with Gasteiger partial charge in [-0.3, -0.25) is 9.59 Å². The van der Waals surface area contributed by atoms with Gasteiger partial charge in [0.05, 0.1) is 39.7 Å². The van der Waals surface area contributed by atoms with Crippen LogP contribution in [0.15, 0.2) is 71.6 Å². The van der Waals surface area contributed by atoms with E-state index in [1.54, 1.807) is 49.4 Å². The number of aryl methyl sites for hydroxylation is 1. The van der Waals surface area contributed by atoms with Crippen molar-refractivity contribution in [2.45, 2.75) is 50.3 Å². The number of amides is 3. The second-order valence-electron chi connectivity index (χ2n) is 10.1. The third-order valence-corrected chi connectivity index (χ3v) is 8.60. The van der Waals surface area contributed by atoms with E-state index in [0.29, 0.717) is 16.7 Å². The maximum absolute atomic E-state index is 13.6. The second kappa shape index (κ2) is 10.9. The minimum atomic E-state index is -4.25. The molecular formula is C30H28N3O7S+. The molecule has 41 heavy (non-hydrogen) atoms. The Balaban J connectivity index is 0.000000500. The number of Topliss-reactive ketones (excluding diaryl/α,β-unsaturated/α-hetero) is 1. The van der Waals surface area contributed by atoms with Crippen molar-refractivity contribution in [3.8, 4) is 0 Å². The summed E-state index contributed by atoms with van der Waals surface area (Å²) in [4.78, 5) is 53.5. The van der Waals surface area contributed by atoms with Crippen LogP contribution >= 0.6 is 0 Å². The van der Waals surface area contributed by atoms with Gasteiger partial charge in [0.2, 0.25) is 0 Å². The summed E-state index contributed by atoms with van der Waals surface area (Å²) in [6, 6.07) is 17.0. The van der Waals surface area contributed by atoms with Crippen LogP contribution in [-0.4, -0.2) is 42.1 Å². The lowest BCUT2D eigenvalue weighted by molar-refractivity contribution is -0.168. The zero-order valence-electron chi connectivity index (χ0n) is 22.3. The fourth-order valence-electron chi connectivity index (χ4n) is 5.09. The molecule has 6 rings (SSSR count). The van der Waals surface area contributed by atoms with Gasteiger partial charge in [-0.05, 0) is 48.7 Å². The van der Waals surface area contributed by atoms with E-state index < -0.39 is 32.4 Å². The molecule has 2 N–H and O–H groups in total. The molecule has 1 aliphatic carbocycles. The number of carbonyl (C=O) groups is 4. The summed E-state index contributed by atoms with van der Waals surface area (Å²) in [6.07, 6.45) is 3.66. The lowest BCUT2D eigenvalue weighted by Crippen LogP contribution is -2.50. The summed E-state index contributed by atoms with van der Waals surface area (Å²) in [6.45, 7) is 1.81. The van der Waals surface area contributed by atoms with E-state index in [9.17, 15) is 32.8 Å². The lowest BCUT2D eigenvalue weighted by Gasteiger charge is -2.21. The number of fused-ring (bicyclic) bond motifs is 2. The first-order valence-electron chi connectivity index (χ1n) is 13.2. The van der Waals surface area contributed by atoms with Crippen molar-refractivity contribution < 1.29 is 32.8 Å². The Bertz CT molecular complexity index is 1810. The summed E-state index contributed by atoms with van der Waals surface area (Å²) >= 11 is 0. The number of imide groups is 1. The Hall–Kier alpha value is -4.32. The molecule has 0 radical (unpaired) electrons. The molecule has 3 amide bonds. The van der Waals surface area contributed by atoms with Crippen LogP contribution in [0.1, 0.15) is 54.4 Å². The quantitative estimate of drug-likeness (QED) is 0.157. The third kappa shape index (κ3) is 5.26. The molecule has 4 aromatic rings. The van der Waals surface area contributed by atoms with Crippen molar-refractivity contribution in [3.05, 3.63) is 77.9 Å². The van der Waals surface area contributed by atoms with Crippen LogP contribution in [0.3, 0.4) is 0 Å². The average Bonchev–Trinajstić information content (AvgIpc) is 3.53. The topological polar surface area (TPSA) is 148 Å². The summed E-state index contributed by atoms with van der Waals surface area (Å²) in [5.41, 5.74) is 1.21. The number of ketones is 1. The number of hydrogen-bond donors (Lipinski definition) is 2. The first kappa shape index (κ1) is 28.2. The SMILES string of the molecule is Cc1ccc(S(=O)(=O)NC(=O)c2c3ccccc3nc3cccc([N+]4(O)C(=O)CCC4=O)c23)cc1.O=C1CCCC1. The number of nitrogens with zero attached hydrogens (tertiary/aromatic N) is 2. The predicted octanol–water partition coefficient (Wildman–Crippen LogP) is 4.49. The third-order valence-electron chi connectivity index (χ3n) is 7.25. The monoisotopic (exact) mass is 574 g/mol. The summed E-state index contributed by atoms with van der Waals surface area (Å²) in [7, 11) is -4.25. The van der Waals surface area contributed by atoms with Crippen LogP contribution in [0.5, 0.6) is 0 Å². The summed E-state index contributed by atoms with van der Waals surface area (Å²) < 4.78 is 26.5. The van der Waals surface area contributed by atoms with Crippen molar-refractivity contribution in [2.75, 3.05) is 0 Å². The Morgan fingerprint density at radius 1 is 0.829 bits per heavy atom. The number of para-hydroxylation sites is 1. The fourth-order valence-corrected chi connectivity index (χ4v) is 6.05. The molecular weight excluding hydrogens is 546 g/mol. The summed E-state index contributed by atoms with van der Waals surface area (Å²) in [5.74, 6) is -2.01. The van der Waals surface area contributed by atoms with Gasteiger partial charge in [-0.15, -0.1) is 0 Å². The number of quaternary nitrogens is 1. The first-order chi connectivity index (χ1) is 19.5. The highest BCUT2D eigenvalue weighted by Crippen LogP contribution is 2.39. The molecule has 10 nitrogen and oxygen atoms in total. The molecule has 0 spiro atoms. The number of rotatable bonds is 4. The predicted molar refractivity (Wildman–Crippen MR) is 151 cm³/mol. The van der Waals surface area contributed by atoms with Crippen LogP contribution in [0.25, 0.3) is 21.8 Å². The lowest BCUT2D eigenvalue weighted by atomic mass is 10.00. The molecule has 0 atom stereocenters. The maximum atomic E-state index is 13.6. The van der Waals surface area contributed by atoms with Gasteiger partial charge in [0, 0.05) is 24.3 Å². The van der Waals surface area contributed by atoms with Gasteiger partial charge >= 0.3 is 11.8 Å². The van der Waals surface area contributed by atoms with Crippen LogP contribution < -0.4 is 9.37 Å². The van der Waals surface area contributed by atoms with Gasteiger partial charge in [0.15, 0.2) is 5.69 Å². The van der Waals surface area contributed by atoms with Gasteiger partial charge in [-0.2, -0.15) is 5.21 Å². The number of benzene rings is 3. The Morgan fingerprint density at radius 3 is 2.05 bits per heavy atom. The van der Waals surface area contributed by atoms with Crippen molar-refractivity contribution in [2.24, 2.45) is 0 Å². The molecule has 1 aliphatic heterocycles. The van der Waals surface area contributed by atoms with E-state index in [0.717, 1.165) is 31.2 Å². The summed E-state index contributed by atoms with van der Waals surface area (Å²) in [5, 5.41) is 11.5. The van der Waals surface area contributed by atoms with Gasteiger partial charge in [-0.1, -0.05) is 42.0 Å². The number of nitrogens with one attached hydrogen (secondary N) is 1. The number of hydroxylamine groups is 2. The molecule has 11 heteroatoms. The Labute approximate surface area is 236 Å². The zero-order valence-corrected chi connectivity index (χ0v) is 23.1. The maximum Gasteiger partial charge on any atom is 0.359 e. The molecule has 2 aliphatic rings. The van der Waals surface area contributed by atoms with E-state index in [-0.39, 0.29) is 39.9 Å². The van der Waals surface area contributed by atoms with Crippen LogP contribution in [0.2, 0.25) is 0 Å². The van der Waals surface area contributed by atoms with Crippen LogP contribution in [0, 0.1) is 6.92 Å². The molecule has 2 heterocycles. The number of sulfonamides is 1. The van der Waals surface area contributed by atoms with Gasteiger partial charge in [0.1, 0.15) is 5.78 Å². The zero-order chi connectivity index (χ0) is 29.4. The molecule has 1 saturated heterocycles. The highest BCUT2D eigenvalue weighted by atomic mass is 32.2. The molecule has 210 valence electrons. The number of hydrogen-bond acceptors (Lipinski definition) is 8. The highest BCUT2D eigenvalue weighted by molar-refractivity contribution is 7.90. The normalized spacial score (nSPS) is 16.6.